The van der Waals surface area contributed by atoms with Gasteiger partial charge in [0.15, 0.2) is 0 Å². The van der Waals surface area contributed by atoms with E-state index in [1.165, 1.54) is 12.1 Å². The van der Waals surface area contributed by atoms with Gasteiger partial charge in [0.05, 0.1) is 22.6 Å². The molecular formula is C21H17N5O4S. The van der Waals surface area contributed by atoms with Gasteiger partial charge in [-0.25, -0.2) is 0 Å². The molecule has 0 amide bonds. The number of thiazole rings is 1. The maximum absolute atomic E-state index is 12.0. The average Bonchev–Trinajstić information content (AvgIpc) is 3.36. The van der Waals surface area contributed by atoms with Crippen molar-refractivity contribution in [3.8, 4) is 5.75 Å². The molecule has 0 saturated carbocycles. The number of H-pyrrole nitrogens is 1. The van der Waals surface area contributed by atoms with Crippen molar-refractivity contribution in [2.75, 3.05) is 11.9 Å². The van der Waals surface area contributed by atoms with Crippen LogP contribution >= 0.6 is 11.3 Å². The van der Waals surface area contributed by atoms with Gasteiger partial charge in [0, 0.05) is 29.0 Å². The number of hydrogen-bond donors (Lipinski definition) is 2. The third-order valence-corrected chi connectivity index (χ3v) is 5.19. The predicted octanol–water partition coefficient (Wildman–Crippen LogP) is 4.36. The molecule has 1 aliphatic rings. The summed E-state index contributed by atoms with van der Waals surface area (Å²) in [6.45, 7) is 2.50. The molecule has 2 heterocycles. The van der Waals surface area contributed by atoms with Crippen LogP contribution in [0.5, 0.6) is 5.75 Å². The Hall–Kier alpha value is -4.05. The lowest BCUT2D eigenvalue weighted by Crippen LogP contribution is -2.03. The number of nitrogens with zero attached hydrogens (tertiary/aromatic N) is 3. The number of nitro benzene ring substituents is 1. The summed E-state index contributed by atoms with van der Waals surface area (Å²) in [6, 6.07) is 13.6. The van der Waals surface area contributed by atoms with Crippen molar-refractivity contribution in [1.29, 1.82) is 0 Å². The molecule has 3 aromatic rings. The van der Waals surface area contributed by atoms with E-state index in [-0.39, 0.29) is 10.6 Å². The monoisotopic (exact) mass is 435 g/mol. The van der Waals surface area contributed by atoms with Gasteiger partial charge in [-0.2, -0.15) is 5.10 Å². The normalized spacial score (nSPS) is 14.0. The van der Waals surface area contributed by atoms with E-state index in [0.29, 0.717) is 34.2 Å². The molecule has 10 heteroatoms. The maximum atomic E-state index is 12.0. The van der Waals surface area contributed by atoms with Gasteiger partial charge >= 0.3 is 4.87 Å². The summed E-state index contributed by atoms with van der Waals surface area (Å²) in [6.07, 6.45) is 3.33. The van der Waals surface area contributed by atoms with Gasteiger partial charge in [0.1, 0.15) is 17.3 Å². The average molecular weight is 435 g/mol. The molecule has 0 spiro atoms. The van der Waals surface area contributed by atoms with E-state index in [1.54, 1.807) is 24.4 Å². The summed E-state index contributed by atoms with van der Waals surface area (Å²) in [5.74, 6) is 1.29. The molecule has 1 aliphatic heterocycles. The zero-order chi connectivity index (χ0) is 21.8. The number of aromatic nitrogens is 1. The molecule has 1 aromatic heterocycles. The Bertz CT molecular complexity index is 1270. The number of nitrogens with one attached hydrogen (secondary N) is 2. The molecule has 0 radical (unpaired) electrons. The van der Waals surface area contributed by atoms with Gasteiger partial charge in [-0.3, -0.25) is 19.9 Å². The zero-order valence-corrected chi connectivity index (χ0v) is 17.2. The number of benzene rings is 2. The first-order chi connectivity index (χ1) is 15.0. The SMILES string of the molecule is CCOc1ccc(Nc2[nH]c(=O)sc2/C=C2/C=NN=C2c2cccc([N+](=O)[O-])c2)cc1. The lowest BCUT2D eigenvalue weighted by atomic mass is 10.0. The second-order valence-corrected chi connectivity index (χ2v) is 7.45. The van der Waals surface area contributed by atoms with Gasteiger partial charge in [-0.1, -0.05) is 23.5 Å². The Morgan fingerprint density at radius 1 is 1.26 bits per heavy atom. The van der Waals surface area contributed by atoms with Crippen molar-refractivity contribution in [2.24, 2.45) is 10.2 Å². The lowest BCUT2D eigenvalue weighted by molar-refractivity contribution is -0.384. The highest BCUT2D eigenvalue weighted by Crippen LogP contribution is 2.27. The van der Waals surface area contributed by atoms with E-state index >= 15 is 0 Å². The first-order valence-electron chi connectivity index (χ1n) is 9.34. The van der Waals surface area contributed by atoms with E-state index in [2.05, 4.69) is 20.5 Å². The van der Waals surface area contributed by atoms with Crippen LogP contribution in [0.1, 0.15) is 17.4 Å². The van der Waals surface area contributed by atoms with E-state index < -0.39 is 4.92 Å². The summed E-state index contributed by atoms with van der Waals surface area (Å²) >= 11 is 1.04. The van der Waals surface area contributed by atoms with Gasteiger partial charge in [-0.15, -0.1) is 5.10 Å². The van der Waals surface area contributed by atoms with Gasteiger partial charge in [-0.05, 0) is 37.3 Å². The van der Waals surface area contributed by atoms with Crippen molar-refractivity contribution in [3.63, 3.8) is 0 Å². The minimum atomic E-state index is -0.458. The third-order valence-electron chi connectivity index (χ3n) is 4.36. The fourth-order valence-corrected chi connectivity index (χ4v) is 3.73. The quantitative estimate of drug-likeness (QED) is 0.422. The van der Waals surface area contributed by atoms with Crippen molar-refractivity contribution < 1.29 is 9.66 Å². The highest BCUT2D eigenvalue weighted by atomic mass is 32.1. The van der Waals surface area contributed by atoms with Crippen LogP contribution in [-0.2, 0) is 0 Å². The predicted molar refractivity (Wildman–Crippen MR) is 122 cm³/mol. The summed E-state index contributed by atoms with van der Waals surface area (Å²) in [7, 11) is 0. The zero-order valence-electron chi connectivity index (χ0n) is 16.4. The summed E-state index contributed by atoms with van der Waals surface area (Å²) in [5.41, 5.74) is 2.46. The molecule has 156 valence electrons. The lowest BCUT2D eigenvalue weighted by Gasteiger charge is -2.08. The standard InChI is InChI=1S/C21H17N5O4S/c1-2-30-17-8-6-15(7-9-17)23-20-18(31-21(27)24-20)11-14-12-22-25-19(14)13-4-3-5-16(10-13)26(28)29/h3-12,23H,2H2,1H3,(H,24,27)/b14-11-. The van der Waals surface area contributed by atoms with Crippen molar-refractivity contribution in [1.82, 2.24) is 4.98 Å². The Morgan fingerprint density at radius 2 is 2.06 bits per heavy atom. The molecule has 0 atom stereocenters. The van der Waals surface area contributed by atoms with Crippen molar-refractivity contribution in [3.05, 3.63) is 84.3 Å². The number of non-ortho nitro benzene ring substituents is 1. The van der Waals surface area contributed by atoms with E-state index in [0.717, 1.165) is 22.8 Å². The van der Waals surface area contributed by atoms with Gasteiger partial charge in [0.25, 0.3) is 5.69 Å². The molecule has 4 rings (SSSR count). The fraction of sp³-hybridized carbons (Fsp3) is 0.0952. The highest BCUT2D eigenvalue weighted by molar-refractivity contribution is 7.10. The number of hydrogen-bond acceptors (Lipinski definition) is 8. The topological polar surface area (TPSA) is 122 Å². The molecule has 0 bridgehead atoms. The molecule has 0 saturated heterocycles. The second-order valence-electron chi connectivity index (χ2n) is 6.44. The molecule has 31 heavy (non-hydrogen) atoms. The summed E-state index contributed by atoms with van der Waals surface area (Å²) in [4.78, 5) is 25.9. The fourth-order valence-electron chi connectivity index (χ4n) is 2.99. The molecule has 0 aliphatic carbocycles. The number of anilines is 2. The molecular weight excluding hydrogens is 418 g/mol. The number of nitro groups is 1. The molecule has 0 unspecified atom stereocenters. The smallest absolute Gasteiger partial charge is 0.306 e. The Kier molecular flexibility index (Phi) is 5.72. The first-order valence-corrected chi connectivity index (χ1v) is 10.2. The first kappa shape index (κ1) is 20.2. The largest absolute Gasteiger partial charge is 0.494 e. The van der Waals surface area contributed by atoms with Crippen LogP contribution in [0.3, 0.4) is 0 Å². The number of aromatic amines is 1. The Labute approximate surface area is 180 Å². The van der Waals surface area contributed by atoms with Crippen LogP contribution in [0.15, 0.2) is 69.1 Å². The van der Waals surface area contributed by atoms with Gasteiger partial charge < -0.3 is 10.1 Å². The van der Waals surface area contributed by atoms with E-state index in [9.17, 15) is 14.9 Å². The van der Waals surface area contributed by atoms with Crippen LogP contribution in [-0.4, -0.2) is 28.4 Å². The third kappa shape index (κ3) is 4.59. The second kappa shape index (κ2) is 8.76. The summed E-state index contributed by atoms with van der Waals surface area (Å²) in [5, 5.41) is 22.3. The maximum Gasteiger partial charge on any atom is 0.306 e. The van der Waals surface area contributed by atoms with Crippen molar-refractivity contribution in [2.45, 2.75) is 6.92 Å². The number of allylic oxidation sites excluding steroid dienone is 1. The van der Waals surface area contributed by atoms with Crippen LogP contribution in [0.25, 0.3) is 6.08 Å². The molecule has 2 N–H and O–H groups in total. The van der Waals surface area contributed by atoms with Crippen molar-refractivity contribution >= 4 is 46.5 Å². The highest BCUT2D eigenvalue weighted by Gasteiger charge is 2.18. The summed E-state index contributed by atoms with van der Waals surface area (Å²) < 4.78 is 5.44. The molecule has 9 nitrogen and oxygen atoms in total. The molecule has 0 fully saturated rings. The molecule has 2 aromatic carbocycles. The number of rotatable bonds is 7. The van der Waals surface area contributed by atoms with Crippen LogP contribution in [0, 0.1) is 10.1 Å². The minimum Gasteiger partial charge on any atom is -0.494 e. The minimum absolute atomic E-state index is 0.0318. The van der Waals surface area contributed by atoms with Crippen LogP contribution in [0.2, 0.25) is 0 Å². The Morgan fingerprint density at radius 3 is 2.81 bits per heavy atom. The van der Waals surface area contributed by atoms with E-state index in [4.69, 9.17) is 4.74 Å². The van der Waals surface area contributed by atoms with E-state index in [1.807, 2.05) is 31.2 Å². The number of ether oxygens (including phenoxy) is 1. The Balaban J connectivity index is 1.62. The van der Waals surface area contributed by atoms with Crippen LogP contribution in [0.4, 0.5) is 17.2 Å². The van der Waals surface area contributed by atoms with Crippen LogP contribution < -0.4 is 14.9 Å². The van der Waals surface area contributed by atoms with Gasteiger partial charge in [0.2, 0.25) is 0 Å².